The van der Waals surface area contributed by atoms with Gasteiger partial charge in [-0.3, -0.25) is 14.4 Å². The van der Waals surface area contributed by atoms with Gasteiger partial charge in [-0.25, -0.2) is 21.5 Å². The topological polar surface area (TPSA) is 168 Å². The third kappa shape index (κ3) is 8.67. The lowest BCUT2D eigenvalue weighted by atomic mass is 9.82. The van der Waals surface area contributed by atoms with E-state index in [1.54, 1.807) is 0 Å². The van der Waals surface area contributed by atoms with Crippen molar-refractivity contribution in [3.8, 4) is 5.88 Å². The summed E-state index contributed by atoms with van der Waals surface area (Å²) >= 11 is 5.94. The van der Waals surface area contributed by atoms with E-state index in [4.69, 9.17) is 16.4 Å². The molecule has 254 valence electrons. The van der Waals surface area contributed by atoms with E-state index < -0.39 is 89.3 Å². The van der Waals surface area contributed by atoms with Crippen molar-refractivity contribution in [1.82, 2.24) is 9.78 Å². The van der Waals surface area contributed by atoms with Crippen molar-refractivity contribution in [2.75, 3.05) is 6.26 Å². The average Bonchev–Trinajstić information content (AvgIpc) is 3.42. The third-order valence-electron chi connectivity index (χ3n) is 6.61. The molecule has 46 heavy (non-hydrogen) atoms. The van der Waals surface area contributed by atoms with Crippen LogP contribution in [0.3, 0.4) is 0 Å². The second-order valence-electron chi connectivity index (χ2n) is 10.9. The van der Waals surface area contributed by atoms with Crippen molar-refractivity contribution in [1.29, 1.82) is 0 Å². The molecule has 2 heterocycles. The van der Waals surface area contributed by atoms with Gasteiger partial charge in [0.2, 0.25) is 5.88 Å². The maximum atomic E-state index is 13.1. The second kappa shape index (κ2) is 13.3. The van der Waals surface area contributed by atoms with Crippen LogP contribution in [0.2, 0.25) is 5.02 Å². The summed E-state index contributed by atoms with van der Waals surface area (Å²) in [7, 11) is -6.88. The van der Waals surface area contributed by atoms with Crippen LogP contribution in [0.25, 0.3) is 0 Å². The van der Waals surface area contributed by atoms with Gasteiger partial charge in [-0.1, -0.05) is 16.8 Å². The summed E-state index contributed by atoms with van der Waals surface area (Å²) in [4.78, 5) is 40.7. The monoisotopic (exact) mass is 719 g/mol. The van der Waals surface area contributed by atoms with Crippen LogP contribution in [0.4, 0.5) is 22.0 Å². The van der Waals surface area contributed by atoms with Crippen LogP contribution in [0.15, 0.2) is 28.3 Å². The Morgan fingerprint density at radius 3 is 2.20 bits per heavy atom. The lowest BCUT2D eigenvalue weighted by Gasteiger charge is -2.18. The lowest BCUT2D eigenvalue weighted by molar-refractivity contribution is -0.142. The largest absolute Gasteiger partial charge is 0.435 e. The summed E-state index contributed by atoms with van der Waals surface area (Å²) in [6.45, 7) is -0.380. The van der Waals surface area contributed by atoms with E-state index in [-0.39, 0.29) is 34.7 Å². The number of rotatable bonds is 7. The number of ether oxygens (including phenoxy) is 1. The first-order valence-electron chi connectivity index (χ1n) is 13.1. The zero-order chi connectivity index (χ0) is 35.0. The Labute approximate surface area is 264 Å². The number of carbonyl (C=O) groups excluding carboxylic acids is 3. The number of benzene rings is 1. The van der Waals surface area contributed by atoms with Gasteiger partial charge in [0.05, 0.1) is 21.2 Å². The second-order valence-corrected chi connectivity index (χ2v) is 15.3. The Hall–Kier alpha value is -3.45. The molecule has 0 bridgehead atoms. The Morgan fingerprint density at radius 1 is 1.15 bits per heavy atom. The first kappa shape index (κ1) is 37.0. The molecule has 1 aromatic heterocycles. The van der Waals surface area contributed by atoms with Crippen molar-refractivity contribution >= 4 is 53.7 Å². The number of ketones is 3. The molecule has 12 nitrogen and oxygen atoms in total. The summed E-state index contributed by atoms with van der Waals surface area (Å²) in [6.07, 6.45) is -3.35. The third-order valence-corrected chi connectivity index (χ3v) is 9.64. The highest BCUT2D eigenvalue weighted by molar-refractivity contribution is 8.05. The molecule has 1 aliphatic heterocycles. The number of carbonyl (C=O) groups is 3. The number of alkyl halides is 5. The minimum atomic E-state index is -5.06. The highest BCUT2D eigenvalue weighted by atomic mass is 35.5. The van der Waals surface area contributed by atoms with E-state index in [0.717, 1.165) is 19.4 Å². The number of hydrogen-bond donors (Lipinski definition) is 0. The molecule has 4 rings (SSSR count). The number of sulfone groups is 2. The average molecular weight is 720 g/mol. The SMILES string of the molecule is CS(=O)(=O)c1ccc(C(=O)C2C(=O)CCCC2=O)c(Cl)c1.Cn1nc(C(F)(F)F)c(CS(=O)(=O)C2=NOC(C)(C)C2)c1OC(F)F. The first-order valence-corrected chi connectivity index (χ1v) is 17.0. The van der Waals surface area contributed by atoms with E-state index in [9.17, 15) is 53.2 Å². The smallest absolute Gasteiger partial charge is 0.417 e. The van der Waals surface area contributed by atoms with Gasteiger partial charge in [0, 0.05) is 38.1 Å². The molecule has 0 radical (unpaired) electrons. The minimum Gasteiger partial charge on any atom is -0.417 e. The molecule has 0 saturated heterocycles. The summed E-state index contributed by atoms with van der Waals surface area (Å²) in [5.74, 6) is -5.01. The van der Waals surface area contributed by atoms with Crippen molar-refractivity contribution in [2.24, 2.45) is 18.1 Å². The number of hydrogen-bond acceptors (Lipinski definition) is 11. The summed E-state index contributed by atoms with van der Waals surface area (Å²) < 4.78 is 116. The molecule has 1 saturated carbocycles. The van der Waals surface area contributed by atoms with Gasteiger partial charge in [-0.2, -0.15) is 27.1 Å². The van der Waals surface area contributed by atoms with Crippen molar-refractivity contribution in [3.63, 3.8) is 0 Å². The molecular formula is C26H27ClF5N3O9S2. The van der Waals surface area contributed by atoms with E-state index in [1.807, 2.05) is 0 Å². The molecule has 1 aromatic carbocycles. The van der Waals surface area contributed by atoms with E-state index in [1.165, 1.54) is 26.0 Å². The van der Waals surface area contributed by atoms with Crippen LogP contribution in [-0.4, -0.2) is 67.5 Å². The molecule has 0 spiro atoms. The van der Waals surface area contributed by atoms with Crippen LogP contribution in [0.5, 0.6) is 5.88 Å². The number of nitrogens with zero attached hydrogens (tertiary/aromatic N) is 3. The molecule has 0 unspecified atom stereocenters. The van der Waals surface area contributed by atoms with Crippen LogP contribution in [0, 0.1) is 5.92 Å². The summed E-state index contributed by atoms with van der Waals surface area (Å²) in [5, 5.41) is 5.90. The number of oxime groups is 1. The number of halogens is 6. The van der Waals surface area contributed by atoms with Crippen LogP contribution in [0.1, 0.15) is 61.1 Å². The van der Waals surface area contributed by atoms with Gasteiger partial charge in [0.15, 0.2) is 47.8 Å². The van der Waals surface area contributed by atoms with E-state index in [0.29, 0.717) is 11.1 Å². The Kier molecular flexibility index (Phi) is 10.7. The standard InChI is InChI=1S/C14H13ClO5S.C12H14F5N3O4S/c1-21(19,20)8-5-6-9(10(15)7-8)14(18)13-11(16)3-2-4-12(13)17;1-11(2)4-7(19-24-11)25(21,22)5-6-8(12(15,16)17)18-20(3)9(6)23-10(13)14/h5-7,13H,2-4H2,1H3;10H,4-5H2,1-3H3. The molecule has 2 aromatic rings. The lowest BCUT2D eigenvalue weighted by Crippen LogP contribution is -2.35. The highest BCUT2D eigenvalue weighted by Gasteiger charge is 2.43. The van der Waals surface area contributed by atoms with Crippen molar-refractivity contribution in [3.05, 3.63) is 40.0 Å². The number of aryl methyl sites for hydroxylation is 1. The number of aromatic nitrogens is 2. The van der Waals surface area contributed by atoms with E-state index in [2.05, 4.69) is 15.0 Å². The first-order chi connectivity index (χ1) is 20.9. The summed E-state index contributed by atoms with van der Waals surface area (Å²) in [6, 6.07) is 3.64. The van der Waals surface area contributed by atoms with Gasteiger partial charge in [0.25, 0.3) is 0 Å². The van der Waals surface area contributed by atoms with Gasteiger partial charge < -0.3 is 9.57 Å². The van der Waals surface area contributed by atoms with Gasteiger partial charge in [-0.05, 0) is 38.5 Å². The Balaban J connectivity index is 0.000000254. The molecule has 20 heteroatoms. The quantitative estimate of drug-likeness (QED) is 0.228. The minimum absolute atomic E-state index is 0.00216. The fourth-order valence-electron chi connectivity index (χ4n) is 4.46. The maximum Gasteiger partial charge on any atom is 0.435 e. The predicted octanol–water partition coefficient (Wildman–Crippen LogP) is 4.33. The molecule has 1 aliphatic carbocycles. The fourth-order valence-corrected chi connectivity index (χ4v) is 6.98. The summed E-state index contributed by atoms with van der Waals surface area (Å²) in [5.41, 5.74) is -3.57. The van der Waals surface area contributed by atoms with Gasteiger partial charge in [0.1, 0.15) is 11.5 Å². The normalized spacial score (nSPS) is 17.3. The Morgan fingerprint density at radius 2 is 1.74 bits per heavy atom. The highest BCUT2D eigenvalue weighted by Crippen LogP contribution is 2.38. The molecule has 1 fully saturated rings. The fraction of sp³-hybridized carbons (Fsp3) is 0.500. The molecule has 0 atom stereocenters. The molecule has 0 amide bonds. The molecular weight excluding hydrogens is 693 g/mol. The van der Waals surface area contributed by atoms with Crippen molar-refractivity contribution < 1.29 is 62.7 Å². The number of Topliss-reactive ketones (excluding diaryl/α,β-unsaturated/α-hetero) is 3. The van der Waals surface area contributed by atoms with Crippen LogP contribution < -0.4 is 4.74 Å². The zero-order valence-electron chi connectivity index (χ0n) is 24.5. The van der Waals surface area contributed by atoms with Crippen LogP contribution in [-0.2, 0) is 53.1 Å². The van der Waals surface area contributed by atoms with E-state index >= 15 is 0 Å². The maximum absolute atomic E-state index is 13.1. The zero-order valence-corrected chi connectivity index (χ0v) is 26.9. The molecule has 0 N–H and O–H groups in total. The van der Waals surface area contributed by atoms with Gasteiger partial charge in [-0.15, -0.1) is 0 Å². The van der Waals surface area contributed by atoms with Crippen LogP contribution >= 0.6 is 11.6 Å². The van der Waals surface area contributed by atoms with Gasteiger partial charge >= 0.3 is 12.8 Å². The Bertz CT molecular complexity index is 1790. The molecule has 2 aliphatic rings. The van der Waals surface area contributed by atoms with Crippen molar-refractivity contribution in [2.45, 2.75) is 68.6 Å². The predicted molar refractivity (Wildman–Crippen MR) is 151 cm³/mol.